The van der Waals surface area contributed by atoms with Crippen LogP contribution < -0.4 is 10.5 Å². The first-order valence-corrected chi connectivity index (χ1v) is 7.65. The molecule has 3 nitrogen and oxygen atoms in total. The number of methoxy groups -OCH3 is 1. The summed E-state index contributed by atoms with van der Waals surface area (Å²) in [6.45, 7) is 2.56. The van der Waals surface area contributed by atoms with Crippen molar-refractivity contribution in [3.05, 3.63) is 28.2 Å². The highest BCUT2D eigenvalue weighted by Gasteiger charge is 2.11. The van der Waals surface area contributed by atoms with E-state index in [1.807, 2.05) is 25.1 Å². The Morgan fingerprint density at radius 1 is 1.53 bits per heavy atom. The fourth-order valence-electron chi connectivity index (χ4n) is 1.47. The van der Waals surface area contributed by atoms with E-state index >= 15 is 0 Å². The van der Waals surface area contributed by atoms with E-state index < -0.39 is 10.8 Å². The van der Waals surface area contributed by atoms with Crippen molar-refractivity contribution < 1.29 is 8.95 Å². The van der Waals surface area contributed by atoms with Gasteiger partial charge in [-0.25, -0.2) is 0 Å². The molecule has 17 heavy (non-hydrogen) atoms. The second-order valence-electron chi connectivity index (χ2n) is 3.88. The molecule has 2 unspecified atom stereocenters. The van der Waals surface area contributed by atoms with E-state index in [0.29, 0.717) is 12.3 Å². The molecule has 0 saturated heterocycles. The molecule has 2 N–H and O–H groups in total. The van der Waals surface area contributed by atoms with Gasteiger partial charge in [-0.1, -0.05) is 13.0 Å². The van der Waals surface area contributed by atoms with Gasteiger partial charge in [-0.15, -0.1) is 0 Å². The van der Waals surface area contributed by atoms with Crippen molar-refractivity contribution in [2.24, 2.45) is 5.73 Å². The second-order valence-corrected chi connectivity index (χ2v) is 6.59. The molecule has 96 valence electrons. The highest BCUT2D eigenvalue weighted by Crippen LogP contribution is 2.26. The van der Waals surface area contributed by atoms with Crippen LogP contribution in [0.4, 0.5) is 0 Å². The molecule has 0 fully saturated rings. The standard InChI is InChI=1S/C12H18BrNO2S/c1-9(5-6-14)17(15)8-10-3-4-12(16-2)11(13)7-10/h3-4,7,9H,5-6,8,14H2,1-2H3. The fourth-order valence-corrected chi connectivity index (χ4v) is 3.25. The minimum Gasteiger partial charge on any atom is -0.496 e. The number of rotatable bonds is 6. The molecule has 0 radical (unpaired) electrons. The summed E-state index contributed by atoms with van der Waals surface area (Å²) in [7, 11) is 0.752. The SMILES string of the molecule is COc1ccc(CS(=O)C(C)CCN)cc1Br. The maximum absolute atomic E-state index is 12.0. The quantitative estimate of drug-likeness (QED) is 0.876. The molecular formula is C12H18BrNO2S. The third-order valence-corrected chi connectivity index (χ3v) is 4.92. The number of hydrogen-bond acceptors (Lipinski definition) is 3. The topological polar surface area (TPSA) is 52.3 Å². The van der Waals surface area contributed by atoms with Crippen molar-refractivity contribution in [3.8, 4) is 5.75 Å². The Bertz CT molecular complexity index is 398. The predicted octanol–water partition coefficient (Wildman–Crippen LogP) is 2.44. The molecule has 1 aromatic rings. The molecule has 2 atom stereocenters. The number of hydrogen-bond donors (Lipinski definition) is 1. The molecule has 1 rings (SSSR count). The fraction of sp³-hybridized carbons (Fsp3) is 0.500. The normalized spacial score (nSPS) is 14.4. The number of ether oxygens (including phenoxy) is 1. The number of benzene rings is 1. The lowest BCUT2D eigenvalue weighted by atomic mass is 10.2. The van der Waals surface area contributed by atoms with E-state index in [4.69, 9.17) is 10.5 Å². The van der Waals surface area contributed by atoms with Gasteiger partial charge in [0, 0.05) is 21.8 Å². The third kappa shape index (κ3) is 4.41. The summed E-state index contributed by atoms with van der Waals surface area (Å²) in [5.41, 5.74) is 6.51. The lowest BCUT2D eigenvalue weighted by Gasteiger charge is -2.11. The van der Waals surface area contributed by atoms with Gasteiger partial charge in [-0.05, 0) is 46.6 Å². The molecule has 0 aromatic heterocycles. The van der Waals surface area contributed by atoms with Crippen LogP contribution in [0.2, 0.25) is 0 Å². The monoisotopic (exact) mass is 319 g/mol. The lowest BCUT2D eigenvalue weighted by molar-refractivity contribution is 0.412. The molecule has 0 amide bonds. The van der Waals surface area contributed by atoms with Crippen molar-refractivity contribution in [2.45, 2.75) is 24.3 Å². The molecule has 0 aliphatic carbocycles. The molecule has 5 heteroatoms. The van der Waals surface area contributed by atoms with Crippen LogP contribution in [0.25, 0.3) is 0 Å². The van der Waals surface area contributed by atoms with Gasteiger partial charge in [0.1, 0.15) is 5.75 Å². The summed E-state index contributed by atoms with van der Waals surface area (Å²) in [4.78, 5) is 0. The van der Waals surface area contributed by atoms with E-state index in [2.05, 4.69) is 15.9 Å². The summed E-state index contributed by atoms with van der Waals surface area (Å²) in [6.07, 6.45) is 0.796. The number of halogens is 1. The van der Waals surface area contributed by atoms with Crippen LogP contribution in [0.3, 0.4) is 0 Å². The average Bonchev–Trinajstić information content (AvgIpc) is 2.29. The van der Waals surface area contributed by atoms with Crippen LogP contribution in [0, 0.1) is 0 Å². The van der Waals surface area contributed by atoms with Gasteiger partial charge in [0.25, 0.3) is 0 Å². The Balaban J connectivity index is 2.69. The van der Waals surface area contributed by atoms with Crippen molar-refractivity contribution in [3.63, 3.8) is 0 Å². The molecule has 0 spiro atoms. The molecule has 0 saturated carbocycles. The highest BCUT2D eigenvalue weighted by molar-refractivity contribution is 9.10. The summed E-state index contributed by atoms with van der Waals surface area (Å²) >= 11 is 3.42. The van der Waals surface area contributed by atoms with Crippen LogP contribution in [0.5, 0.6) is 5.75 Å². The van der Waals surface area contributed by atoms with E-state index in [-0.39, 0.29) is 5.25 Å². The van der Waals surface area contributed by atoms with Gasteiger partial charge < -0.3 is 10.5 Å². The molecule has 0 bridgehead atoms. The largest absolute Gasteiger partial charge is 0.496 e. The minimum atomic E-state index is -0.874. The van der Waals surface area contributed by atoms with E-state index in [9.17, 15) is 4.21 Å². The van der Waals surface area contributed by atoms with Gasteiger partial charge in [0.2, 0.25) is 0 Å². The van der Waals surface area contributed by atoms with Gasteiger partial charge in [-0.2, -0.15) is 0 Å². The van der Waals surface area contributed by atoms with E-state index in [0.717, 1.165) is 22.2 Å². The Morgan fingerprint density at radius 3 is 2.76 bits per heavy atom. The van der Waals surface area contributed by atoms with Crippen LogP contribution in [-0.4, -0.2) is 23.1 Å². The van der Waals surface area contributed by atoms with Gasteiger partial charge >= 0.3 is 0 Å². The number of nitrogens with two attached hydrogens (primary N) is 1. The summed E-state index contributed by atoms with van der Waals surface area (Å²) in [5, 5.41) is 0.140. The molecular weight excluding hydrogens is 302 g/mol. The average molecular weight is 320 g/mol. The second kappa shape index (κ2) is 7.13. The minimum absolute atomic E-state index is 0.140. The van der Waals surface area contributed by atoms with Crippen molar-refractivity contribution in [1.29, 1.82) is 0 Å². The predicted molar refractivity (Wildman–Crippen MR) is 75.7 cm³/mol. The summed E-state index contributed by atoms with van der Waals surface area (Å²) in [6, 6.07) is 5.77. The first-order chi connectivity index (χ1) is 8.08. The lowest BCUT2D eigenvalue weighted by Crippen LogP contribution is -2.17. The maximum Gasteiger partial charge on any atom is 0.133 e. The summed E-state index contributed by atoms with van der Waals surface area (Å²) < 4.78 is 18.0. The van der Waals surface area contributed by atoms with Gasteiger partial charge in [0.15, 0.2) is 0 Å². The van der Waals surface area contributed by atoms with Crippen LogP contribution in [0.1, 0.15) is 18.9 Å². The molecule has 1 aromatic carbocycles. The Hall–Kier alpha value is -0.390. The Morgan fingerprint density at radius 2 is 2.24 bits per heavy atom. The van der Waals surface area contributed by atoms with Crippen molar-refractivity contribution in [2.75, 3.05) is 13.7 Å². The van der Waals surface area contributed by atoms with Crippen LogP contribution in [-0.2, 0) is 16.6 Å². The van der Waals surface area contributed by atoms with Crippen molar-refractivity contribution >= 4 is 26.7 Å². The molecule has 0 aliphatic rings. The molecule has 0 heterocycles. The zero-order chi connectivity index (χ0) is 12.8. The van der Waals surface area contributed by atoms with E-state index in [1.54, 1.807) is 7.11 Å². The third-order valence-electron chi connectivity index (χ3n) is 2.55. The Labute approximate surface area is 113 Å². The molecule has 0 aliphatic heterocycles. The van der Waals surface area contributed by atoms with Crippen LogP contribution >= 0.6 is 15.9 Å². The Kier molecular flexibility index (Phi) is 6.16. The first-order valence-electron chi connectivity index (χ1n) is 5.48. The zero-order valence-electron chi connectivity index (χ0n) is 10.1. The van der Waals surface area contributed by atoms with Gasteiger partial charge in [0.05, 0.1) is 11.6 Å². The van der Waals surface area contributed by atoms with Crippen molar-refractivity contribution in [1.82, 2.24) is 0 Å². The smallest absolute Gasteiger partial charge is 0.133 e. The zero-order valence-corrected chi connectivity index (χ0v) is 12.5. The first kappa shape index (κ1) is 14.7. The summed E-state index contributed by atoms with van der Waals surface area (Å²) in [5.74, 6) is 1.35. The van der Waals surface area contributed by atoms with E-state index in [1.165, 1.54) is 0 Å². The van der Waals surface area contributed by atoms with Crippen LogP contribution in [0.15, 0.2) is 22.7 Å². The van der Waals surface area contributed by atoms with Gasteiger partial charge in [-0.3, -0.25) is 4.21 Å². The maximum atomic E-state index is 12.0. The highest BCUT2D eigenvalue weighted by atomic mass is 79.9.